The number of carbonyl (C=O) groups is 1. The van der Waals surface area contributed by atoms with E-state index in [1.54, 1.807) is 0 Å². The molecule has 2 bridgehead atoms. The highest BCUT2D eigenvalue weighted by Gasteiger charge is 2.31. The number of hydrogen-bond acceptors (Lipinski definition) is 4. The summed E-state index contributed by atoms with van der Waals surface area (Å²) in [4.78, 5) is 13.2. The summed E-state index contributed by atoms with van der Waals surface area (Å²) in [6.45, 7) is 1.34. The van der Waals surface area contributed by atoms with Gasteiger partial charge < -0.3 is 15.0 Å². The molecule has 21 heavy (non-hydrogen) atoms. The topological polar surface area (TPSA) is 41.6 Å². The van der Waals surface area contributed by atoms with Crippen molar-refractivity contribution in [2.75, 3.05) is 25.1 Å². The lowest BCUT2D eigenvalue weighted by Gasteiger charge is -2.27. The van der Waals surface area contributed by atoms with Crippen LogP contribution in [0, 0.1) is 11.6 Å². The largest absolute Gasteiger partial charge is 0.465 e. The quantitative estimate of drug-likeness (QED) is 0.849. The van der Waals surface area contributed by atoms with Gasteiger partial charge in [-0.3, -0.25) is 0 Å². The van der Waals surface area contributed by atoms with Crippen molar-refractivity contribution < 1.29 is 18.3 Å². The van der Waals surface area contributed by atoms with Crippen molar-refractivity contribution in [1.82, 2.24) is 5.32 Å². The van der Waals surface area contributed by atoms with Crippen LogP contribution in [0.5, 0.6) is 0 Å². The summed E-state index contributed by atoms with van der Waals surface area (Å²) in [6.07, 6.45) is 3.12. The highest BCUT2D eigenvalue weighted by atomic mass is 19.2. The molecule has 0 radical (unpaired) electrons. The van der Waals surface area contributed by atoms with Crippen LogP contribution in [-0.4, -0.2) is 38.3 Å². The molecule has 4 nitrogen and oxygen atoms in total. The van der Waals surface area contributed by atoms with Gasteiger partial charge in [-0.05, 0) is 31.4 Å². The Morgan fingerprint density at radius 3 is 2.76 bits per heavy atom. The average molecular weight is 296 g/mol. The summed E-state index contributed by atoms with van der Waals surface area (Å²) in [7, 11) is 1.14. The summed E-state index contributed by atoms with van der Waals surface area (Å²) < 4.78 is 32.7. The van der Waals surface area contributed by atoms with Gasteiger partial charge in [0, 0.05) is 25.2 Å². The van der Waals surface area contributed by atoms with E-state index in [9.17, 15) is 13.6 Å². The first kappa shape index (κ1) is 14.3. The summed E-state index contributed by atoms with van der Waals surface area (Å²) in [5.41, 5.74) is -0.150. The Balaban J connectivity index is 1.88. The van der Waals surface area contributed by atoms with Gasteiger partial charge in [-0.15, -0.1) is 0 Å². The molecule has 2 atom stereocenters. The Hall–Kier alpha value is -1.69. The lowest BCUT2D eigenvalue weighted by atomic mass is 10.1. The molecule has 1 aromatic carbocycles. The van der Waals surface area contributed by atoms with E-state index in [4.69, 9.17) is 0 Å². The van der Waals surface area contributed by atoms with Crippen LogP contribution in [0.25, 0.3) is 0 Å². The Bertz CT molecular complexity index is 565. The standard InChI is InChI=1S/C15H18F2N2O2/c1-21-15(20)11-4-5-12(14(17)13(11)16)19-7-6-9-2-3-10(8-19)18-9/h4-5,9-10,18H,2-3,6-8H2,1H3. The maximum atomic E-state index is 14.3. The predicted octanol–water partition coefficient (Wildman–Crippen LogP) is 2.08. The van der Waals surface area contributed by atoms with Gasteiger partial charge in [-0.25, -0.2) is 13.6 Å². The van der Waals surface area contributed by atoms with Gasteiger partial charge in [0.15, 0.2) is 11.6 Å². The van der Waals surface area contributed by atoms with Gasteiger partial charge in [0.05, 0.1) is 18.4 Å². The molecule has 2 unspecified atom stereocenters. The van der Waals surface area contributed by atoms with Crippen molar-refractivity contribution in [1.29, 1.82) is 0 Å². The molecule has 2 saturated heterocycles. The number of rotatable bonds is 2. The number of methoxy groups -OCH3 is 1. The van der Waals surface area contributed by atoms with E-state index in [-0.39, 0.29) is 11.3 Å². The maximum absolute atomic E-state index is 14.3. The number of nitrogens with zero attached hydrogens (tertiary/aromatic N) is 1. The van der Waals surface area contributed by atoms with Gasteiger partial charge in [0.1, 0.15) is 0 Å². The number of ether oxygens (including phenoxy) is 1. The first-order valence-corrected chi connectivity index (χ1v) is 7.17. The molecule has 1 N–H and O–H groups in total. The van der Waals surface area contributed by atoms with Crippen LogP contribution >= 0.6 is 0 Å². The van der Waals surface area contributed by atoms with E-state index < -0.39 is 17.6 Å². The van der Waals surface area contributed by atoms with Crippen molar-refractivity contribution in [3.8, 4) is 0 Å². The summed E-state index contributed by atoms with van der Waals surface area (Å²) >= 11 is 0. The smallest absolute Gasteiger partial charge is 0.340 e. The van der Waals surface area contributed by atoms with Crippen molar-refractivity contribution in [2.24, 2.45) is 0 Å². The van der Waals surface area contributed by atoms with E-state index in [2.05, 4.69) is 10.1 Å². The van der Waals surface area contributed by atoms with Crippen LogP contribution in [0.4, 0.5) is 14.5 Å². The number of esters is 1. The van der Waals surface area contributed by atoms with Gasteiger partial charge >= 0.3 is 5.97 Å². The minimum Gasteiger partial charge on any atom is -0.465 e. The molecular formula is C15H18F2N2O2. The molecule has 0 spiro atoms. The second-order valence-electron chi connectivity index (χ2n) is 5.62. The molecule has 0 aromatic heterocycles. The highest BCUT2D eigenvalue weighted by molar-refractivity contribution is 5.90. The molecule has 2 aliphatic heterocycles. The van der Waals surface area contributed by atoms with Gasteiger partial charge in [0.25, 0.3) is 0 Å². The Labute approximate surface area is 122 Å². The molecule has 0 aliphatic carbocycles. The van der Waals surface area contributed by atoms with Gasteiger partial charge in [-0.1, -0.05) is 0 Å². The molecular weight excluding hydrogens is 278 g/mol. The molecule has 1 aromatic rings. The lowest BCUT2D eigenvalue weighted by molar-refractivity contribution is 0.0594. The molecule has 0 amide bonds. The number of benzene rings is 1. The molecule has 3 rings (SSSR count). The second kappa shape index (κ2) is 5.60. The monoisotopic (exact) mass is 296 g/mol. The van der Waals surface area contributed by atoms with E-state index in [0.717, 1.165) is 26.4 Å². The fourth-order valence-electron chi connectivity index (χ4n) is 3.21. The van der Waals surface area contributed by atoms with Crippen molar-refractivity contribution in [2.45, 2.75) is 31.3 Å². The predicted molar refractivity (Wildman–Crippen MR) is 74.5 cm³/mol. The van der Waals surface area contributed by atoms with E-state index in [1.165, 1.54) is 12.1 Å². The van der Waals surface area contributed by atoms with Crippen LogP contribution in [-0.2, 0) is 4.74 Å². The molecule has 6 heteroatoms. The zero-order chi connectivity index (χ0) is 15.0. The third-order valence-electron chi connectivity index (χ3n) is 4.33. The summed E-state index contributed by atoms with van der Waals surface area (Å²) in [5.74, 6) is -2.98. The zero-order valence-electron chi connectivity index (χ0n) is 11.9. The van der Waals surface area contributed by atoms with Crippen LogP contribution < -0.4 is 10.2 Å². The van der Waals surface area contributed by atoms with Crippen molar-refractivity contribution in [3.63, 3.8) is 0 Å². The zero-order valence-corrected chi connectivity index (χ0v) is 11.9. The number of carbonyl (C=O) groups excluding carboxylic acids is 1. The lowest BCUT2D eigenvalue weighted by Crippen LogP contribution is -2.35. The minimum atomic E-state index is -1.14. The van der Waals surface area contributed by atoms with Gasteiger partial charge in [-0.2, -0.15) is 0 Å². The molecule has 2 fully saturated rings. The Morgan fingerprint density at radius 1 is 1.24 bits per heavy atom. The van der Waals surface area contributed by atoms with Crippen LogP contribution in [0.2, 0.25) is 0 Å². The fraction of sp³-hybridized carbons (Fsp3) is 0.533. The maximum Gasteiger partial charge on any atom is 0.340 e. The van der Waals surface area contributed by atoms with E-state index in [0.29, 0.717) is 25.2 Å². The van der Waals surface area contributed by atoms with Gasteiger partial charge in [0.2, 0.25) is 0 Å². The molecule has 2 heterocycles. The van der Waals surface area contributed by atoms with Crippen LogP contribution in [0.1, 0.15) is 29.6 Å². The van der Waals surface area contributed by atoms with E-state index in [1.807, 2.05) is 4.90 Å². The number of hydrogen-bond donors (Lipinski definition) is 1. The third-order valence-corrected chi connectivity index (χ3v) is 4.33. The van der Waals surface area contributed by atoms with Crippen LogP contribution in [0.15, 0.2) is 12.1 Å². The number of halogens is 2. The first-order chi connectivity index (χ1) is 10.1. The van der Waals surface area contributed by atoms with Crippen molar-refractivity contribution >= 4 is 11.7 Å². The van der Waals surface area contributed by atoms with E-state index >= 15 is 0 Å². The minimum absolute atomic E-state index is 0.217. The second-order valence-corrected chi connectivity index (χ2v) is 5.62. The fourth-order valence-corrected chi connectivity index (χ4v) is 3.21. The summed E-state index contributed by atoms with van der Waals surface area (Å²) in [6, 6.07) is 3.54. The SMILES string of the molecule is COC(=O)c1ccc(N2CCC3CCC(C2)N3)c(F)c1F. The normalized spacial score (nSPS) is 24.8. The molecule has 0 saturated carbocycles. The first-order valence-electron chi connectivity index (χ1n) is 7.17. The Kier molecular flexibility index (Phi) is 3.80. The van der Waals surface area contributed by atoms with Crippen molar-refractivity contribution in [3.05, 3.63) is 29.3 Å². The third kappa shape index (κ3) is 2.60. The number of anilines is 1. The molecule has 114 valence electrons. The number of fused-ring (bicyclic) bond motifs is 2. The Morgan fingerprint density at radius 2 is 2.00 bits per heavy atom. The van der Waals surface area contributed by atoms with Crippen LogP contribution in [0.3, 0.4) is 0 Å². The highest BCUT2D eigenvalue weighted by Crippen LogP contribution is 2.29. The average Bonchev–Trinajstić information content (AvgIpc) is 2.81. The number of nitrogens with one attached hydrogen (secondary N) is 1. The molecule has 2 aliphatic rings. The summed E-state index contributed by atoms with van der Waals surface area (Å²) in [5, 5.41) is 3.49.